The zero-order chi connectivity index (χ0) is 20.4. The number of carbonyl (C=O) groups excluding carboxylic acids is 1. The normalized spacial score (nSPS) is 14.4. The average Bonchev–Trinajstić information content (AvgIpc) is 3.40. The fourth-order valence-corrected chi connectivity index (χ4v) is 3.28. The Morgan fingerprint density at radius 2 is 1.76 bits per heavy atom. The van der Waals surface area contributed by atoms with Gasteiger partial charge in [0, 0.05) is 24.2 Å². The van der Waals surface area contributed by atoms with Crippen molar-refractivity contribution in [1.82, 2.24) is 25.1 Å². The number of nitrogens with zero attached hydrogens (tertiary/aromatic N) is 5. The Balaban J connectivity index is 1.46. The molecule has 150 valence electrons. The number of benzene rings is 2. The first-order chi connectivity index (χ1) is 13.9. The topological polar surface area (TPSA) is 63.9 Å². The Bertz CT molecular complexity index is 1010. The minimum absolute atomic E-state index is 0.0276. The zero-order valence-corrected chi connectivity index (χ0v) is 15.4. The summed E-state index contributed by atoms with van der Waals surface area (Å²) in [5.74, 6) is 0.150. The molecule has 29 heavy (non-hydrogen) atoms. The van der Waals surface area contributed by atoms with E-state index < -0.39 is 11.7 Å². The average molecular weight is 401 g/mol. The predicted molar refractivity (Wildman–Crippen MR) is 98.9 cm³/mol. The Labute approximate surface area is 164 Å². The van der Waals surface area contributed by atoms with Crippen molar-refractivity contribution in [3.05, 3.63) is 65.2 Å². The van der Waals surface area contributed by atoms with E-state index in [4.69, 9.17) is 0 Å². The number of tetrazole rings is 1. The number of rotatable bonds is 4. The SMILES string of the molecule is O=C(c1ccc(Cn2nnc(-c3cccc(C(F)(F)F)c3)n2)cc1)N1CCCC1. The molecule has 1 amide bonds. The van der Waals surface area contributed by atoms with E-state index in [1.165, 1.54) is 16.9 Å². The maximum absolute atomic E-state index is 12.9. The highest BCUT2D eigenvalue weighted by atomic mass is 19.4. The van der Waals surface area contributed by atoms with Gasteiger partial charge in [0.2, 0.25) is 5.82 Å². The van der Waals surface area contributed by atoms with Gasteiger partial charge in [-0.15, -0.1) is 10.2 Å². The van der Waals surface area contributed by atoms with Crippen LogP contribution in [0, 0.1) is 0 Å². The lowest BCUT2D eigenvalue weighted by Gasteiger charge is -2.15. The summed E-state index contributed by atoms with van der Waals surface area (Å²) in [4.78, 5) is 15.5. The molecule has 0 spiro atoms. The van der Waals surface area contributed by atoms with E-state index in [0.29, 0.717) is 12.1 Å². The van der Waals surface area contributed by atoms with Crippen LogP contribution in [0.5, 0.6) is 0 Å². The molecule has 0 radical (unpaired) electrons. The van der Waals surface area contributed by atoms with E-state index in [1.54, 1.807) is 12.1 Å². The van der Waals surface area contributed by atoms with E-state index in [0.717, 1.165) is 43.6 Å². The van der Waals surface area contributed by atoms with Crippen molar-refractivity contribution in [3.8, 4) is 11.4 Å². The molecule has 0 unspecified atom stereocenters. The van der Waals surface area contributed by atoms with Crippen molar-refractivity contribution < 1.29 is 18.0 Å². The number of alkyl halides is 3. The van der Waals surface area contributed by atoms with Crippen molar-refractivity contribution in [3.63, 3.8) is 0 Å². The number of aromatic nitrogens is 4. The molecule has 0 bridgehead atoms. The monoisotopic (exact) mass is 401 g/mol. The molecular formula is C20H18F3N5O. The number of carbonyl (C=O) groups is 1. The Morgan fingerprint density at radius 3 is 2.45 bits per heavy atom. The van der Waals surface area contributed by atoms with Crippen molar-refractivity contribution in [2.45, 2.75) is 25.6 Å². The second-order valence-corrected chi connectivity index (χ2v) is 6.92. The second kappa shape index (κ2) is 7.65. The van der Waals surface area contributed by atoms with Crippen LogP contribution in [-0.2, 0) is 12.7 Å². The highest BCUT2D eigenvalue weighted by Gasteiger charge is 2.30. The molecular weight excluding hydrogens is 383 g/mol. The van der Waals surface area contributed by atoms with Crippen LogP contribution in [0.25, 0.3) is 11.4 Å². The molecule has 3 aromatic rings. The zero-order valence-electron chi connectivity index (χ0n) is 15.4. The van der Waals surface area contributed by atoms with Crippen molar-refractivity contribution in [2.75, 3.05) is 13.1 Å². The number of hydrogen-bond acceptors (Lipinski definition) is 4. The molecule has 0 aliphatic carbocycles. The fourth-order valence-electron chi connectivity index (χ4n) is 3.28. The molecule has 0 saturated carbocycles. The van der Waals surface area contributed by atoms with Crippen LogP contribution in [0.3, 0.4) is 0 Å². The number of halogens is 3. The molecule has 0 N–H and O–H groups in total. The molecule has 0 atom stereocenters. The van der Waals surface area contributed by atoms with Gasteiger partial charge in [0.05, 0.1) is 12.1 Å². The molecule has 1 aliphatic rings. The Morgan fingerprint density at radius 1 is 1.03 bits per heavy atom. The van der Waals surface area contributed by atoms with E-state index in [9.17, 15) is 18.0 Å². The third kappa shape index (κ3) is 4.28. The first-order valence-corrected chi connectivity index (χ1v) is 9.24. The summed E-state index contributed by atoms with van der Waals surface area (Å²) < 4.78 is 38.6. The summed E-state index contributed by atoms with van der Waals surface area (Å²) in [6, 6.07) is 12.0. The van der Waals surface area contributed by atoms with E-state index >= 15 is 0 Å². The molecule has 2 heterocycles. The van der Waals surface area contributed by atoms with E-state index in [1.807, 2.05) is 17.0 Å². The van der Waals surface area contributed by atoms with Gasteiger partial charge in [-0.2, -0.15) is 18.0 Å². The van der Waals surface area contributed by atoms with Crippen LogP contribution in [0.15, 0.2) is 48.5 Å². The van der Waals surface area contributed by atoms with Gasteiger partial charge in [0.1, 0.15) is 0 Å². The van der Waals surface area contributed by atoms with Gasteiger partial charge in [0.15, 0.2) is 0 Å². The van der Waals surface area contributed by atoms with Gasteiger partial charge in [-0.25, -0.2) is 0 Å². The molecule has 1 aliphatic heterocycles. The molecule has 2 aromatic carbocycles. The third-order valence-electron chi connectivity index (χ3n) is 4.82. The Kier molecular flexibility index (Phi) is 5.04. The number of amides is 1. The fraction of sp³-hybridized carbons (Fsp3) is 0.300. The maximum atomic E-state index is 12.9. The summed E-state index contributed by atoms with van der Waals surface area (Å²) in [5, 5.41) is 11.9. The minimum atomic E-state index is -4.43. The summed E-state index contributed by atoms with van der Waals surface area (Å²) >= 11 is 0. The van der Waals surface area contributed by atoms with E-state index in [-0.39, 0.29) is 17.3 Å². The van der Waals surface area contributed by atoms with Crippen molar-refractivity contribution >= 4 is 5.91 Å². The highest BCUT2D eigenvalue weighted by molar-refractivity contribution is 5.94. The van der Waals surface area contributed by atoms with Crippen LogP contribution in [0.4, 0.5) is 13.2 Å². The second-order valence-electron chi connectivity index (χ2n) is 6.92. The first-order valence-electron chi connectivity index (χ1n) is 9.24. The van der Waals surface area contributed by atoms with Gasteiger partial charge in [-0.1, -0.05) is 24.3 Å². The summed E-state index contributed by atoms with van der Waals surface area (Å²) in [5.41, 5.74) is 0.977. The quantitative estimate of drug-likeness (QED) is 0.670. The number of hydrogen-bond donors (Lipinski definition) is 0. The lowest BCUT2D eigenvalue weighted by molar-refractivity contribution is -0.137. The highest BCUT2D eigenvalue weighted by Crippen LogP contribution is 2.31. The molecule has 1 saturated heterocycles. The number of likely N-dealkylation sites (tertiary alicyclic amines) is 1. The van der Waals surface area contributed by atoms with Gasteiger partial charge in [-0.05, 0) is 47.9 Å². The molecule has 6 nitrogen and oxygen atoms in total. The largest absolute Gasteiger partial charge is 0.416 e. The summed E-state index contributed by atoms with van der Waals surface area (Å²) in [6.45, 7) is 1.88. The van der Waals surface area contributed by atoms with Crippen molar-refractivity contribution in [1.29, 1.82) is 0 Å². The van der Waals surface area contributed by atoms with Gasteiger partial charge in [0.25, 0.3) is 5.91 Å². The molecule has 4 rings (SSSR count). The minimum Gasteiger partial charge on any atom is -0.339 e. The lowest BCUT2D eigenvalue weighted by atomic mass is 10.1. The third-order valence-corrected chi connectivity index (χ3v) is 4.82. The van der Waals surface area contributed by atoms with Gasteiger partial charge in [-0.3, -0.25) is 4.79 Å². The van der Waals surface area contributed by atoms with Crippen molar-refractivity contribution in [2.24, 2.45) is 0 Å². The maximum Gasteiger partial charge on any atom is 0.416 e. The predicted octanol–water partition coefficient (Wildman–Crippen LogP) is 3.64. The Hall–Kier alpha value is -3.23. The molecule has 1 aromatic heterocycles. The standard InChI is InChI=1S/C20H18F3N5O/c21-20(22,23)17-5-3-4-16(12-17)18-24-26-28(25-18)13-14-6-8-15(9-7-14)19(29)27-10-1-2-11-27/h3-9,12H,1-2,10-11,13H2. The molecule has 1 fully saturated rings. The van der Waals surface area contributed by atoms with Gasteiger partial charge < -0.3 is 4.90 Å². The smallest absolute Gasteiger partial charge is 0.339 e. The van der Waals surface area contributed by atoms with Crippen LogP contribution in [0.2, 0.25) is 0 Å². The first kappa shape index (κ1) is 19.1. The molecule has 9 heteroatoms. The van der Waals surface area contributed by atoms with Crippen LogP contribution < -0.4 is 0 Å². The lowest BCUT2D eigenvalue weighted by Crippen LogP contribution is -2.27. The van der Waals surface area contributed by atoms with Gasteiger partial charge >= 0.3 is 6.18 Å². The van der Waals surface area contributed by atoms with Crippen LogP contribution in [-0.4, -0.2) is 44.1 Å². The summed E-state index contributed by atoms with van der Waals surface area (Å²) in [6.07, 6.45) is -2.35. The summed E-state index contributed by atoms with van der Waals surface area (Å²) in [7, 11) is 0. The van der Waals surface area contributed by atoms with E-state index in [2.05, 4.69) is 15.4 Å². The van der Waals surface area contributed by atoms with Crippen LogP contribution >= 0.6 is 0 Å². The van der Waals surface area contributed by atoms with Crippen LogP contribution in [0.1, 0.15) is 34.3 Å².